The van der Waals surface area contributed by atoms with E-state index in [-0.39, 0.29) is 17.6 Å². The van der Waals surface area contributed by atoms with Gasteiger partial charge in [0.1, 0.15) is 0 Å². The summed E-state index contributed by atoms with van der Waals surface area (Å²) in [6.07, 6.45) is 0. The van der Waals surface area contributed by atoms with Gasteiger partial charge in [0.05, 0.1) is 11.4 Å². The molecule has 2 amide bonds. The van der Waals surface area contributed by atoms with Crippen LogP contribution in [0.15, 0.2) is 29.3 Å². The van der Waals surface area contributed by atoms with Crippen LogP contribution in [0.4, 0.5) is 10.5 Å². The first-order valence-electron chi connectivity index (χ1n) is 7.59. The number of carbonyl (C=O) groups excluding carboxylic acids is 1. The molecular weight excluding hydrogens is 294 g/mol. The molecule has 0 bridgehead atoms. The highest BCUT2D eigenvalue weighted by Crippen LogP contribution is 2.29. The first-order chi connectivity index (χ1) is 10.2. The molecule has 0 atom stereocenters. The van der Waals surface area contributed by atoms with Gasteiger partial charge in [-0.3, -0.25) is 14.8 Å². The van der Waals surface area contributed by atoms with Gasteiger partial charge in [-0.1, -0.05) is 29.5 Å². The van der Waals surface area contributed by atoms with Crippen LogP contribution in [0.3, 0.4) is 0 Å². The Morgan fingerprint density at radius 2 is 1.77 bits per heavy atom. The van der Waals surface area contributed by atoms with Crippen LogP contribution in [0.1, 0.15) is 40.2 Å². The minimum Gasteiger partial charge on any atom is -0.284 e. The molecule has 1 aromatic rings. The largest absolute Gasteiger partial charge is 0.331 e. The molecule has 0 saturated carbocycles. The summed E-state index contributed by atoms with van der Waals surface area (Å²) in [5, 5.41) is 0.816. The minimum absolute atomic E-state index is 0.000558. The van der Waals surface area contributed by atoms with Crippen molar-refractivity contribution in [1.82, 2.24) is 4.90 Å². The molecule has 0 spiro atoms. The lowest BCUT2D eigenvalue weighted by atomic mass is 10.1. The third kappa shape index (κ3) is 3.83. The van der Waals surface area contributed by atoms with Crippen LogP contribution in [0.2, 0.25) is 0 Å². The number of amides is 2. The molecule has 0 aliphatic carbocycles. The van der Waals surface area contributed by atoms with E-state index in [0.717, 1.165) is 10.9 Å². The van der Waals surface area contributed by atoms with E-state index >= 15 is 0 Å². The molecule has 1 aliphatic heterocycles. The van der Waals surface area contributed by atoms with E-state index in [1.54, 1.807) is 16.7 Å². The maximum atomic E-state index is 12.9. The molecule has 0 N–H and O–H groups in total. The van der Waals surface area contributed by atoms with Crippen LogP contribution >= 0.6 is 11.8 Å². The van der Waals surface area contributed by atoms with E-state index in [4.69, 9.17) is 4.99 Å². The second kappa shape index (κ2) is 6.32. The van der Waals surface area contributed by atoms with Gasteiger partial charge in [-0.25, -0.2) is 4.79 Å². The monoisotopic (exact) mass is 319 g/mol. The van der Waals surface area contributed by atoms with Crippen molar-refractivity contribution in [2.45, 2.75) is 53.1 Å². The predicted octanol–water partition coefficient (Wildman–Crippen LogP) is 4.49. The third-order valence-electron chi connectivity index (χ3n) is 3.26. The number of aryl methyl sites for hydroxylation is 1. The minimum atomic E-state index is -0.193. The van der Waals surface area contributed by atoms with Crippen molar-refractivity contribution in [1.29, 1.82) is 0 Å². The Balaban J connectivity index is 2.32. The van der Waals surface area contributed by atoms with Gasteiger partial charge in [-0.2, -0.15) is 0 Å². The summed E-state index contributed by atoms with van der Waals surface area (Å²) in [5.74, 6) is 0.597. The lowest BCUT2D eigenvalue weighted by Crippen LogP contribution is -2.53. The van der Waals surface area contributed by atoms with Gasteiger partial charge in [-0.15, -0.1) is 0 Å². The molecule has 2 rings (SSSR count). The zero-order valence-electron chi connectivity index (χ0n) is 14.3. The second-order valence-corrected chi connectivity index (χ2v) is 7.76. The molecule has 0 aromatic heterocycles. The Morgan fingerprint density at radius 3 is 2.27 bits per heavy atom. The smallest absolute Gasteiger partial charge is 0.284 e. The highest BCUT2D eigenvalue weighted by atomic mass is 32.2. The lowest BCUT2D eigenvalue weighted by Gasteiger charge is -2.38. The SMILES string of the molecule is Cc1ccc(N2CS/C(=N\C(C)(C)C)N(C(C)C)C2=O)cc1. The summed E-state index contributed by atoms with van der Waals surface area (Å²) >= 11 is 1.62. The van der Waals surface area contributed by atoms with E-state index in [0.29, 0.717) is 5.88 Å². The van der Waals surface area contributed by atoms with E-state index in [1.807, 2.05) is 49.9 Å². The number of amidine groups is 1. The maximum Gasteiger partial charge on any atom is 0.331 e. The van der Waals surface area contributed by atoms with Crippen molar-refractivity contribution >= 4 is 28.6 Å². The summed E-state index contributed by atoms with van der Waals surface area (Å²) in [5.41, 5.74) is 1.93. The van der Waals surface area contributed by atoms with Crippen LogP contribution in [0.5, 0.6) is 0 Å². The Labute approximate surface area is 137 Å². The fraction of sp³-hybridized carbons (Fsp3) is 0.529. The van der Waals surface area contributed by atoms with Crippen molar-refractivity contribution in [3.63, 3.8) is 0 Å². The molecule has 1 fully saturated rings. The zero-order valence-corrected chi connectivity index (χ0v) is 15.1. The quantitative estimate of drug-likeness (QED) is 0.805. The Kier molecular flexibility index (Phi) is 4.85. The molecule has 1 heterocycles. The molecular formula is C17H25N3OS. The van der Waals surface area contributed by atoms with Crippen LogP contribution < -0.4 is 4.90 Å². The van der Waals surface area contributed by atoms with E-state index in [9.17, 15) is 4.79 Å². The second-order valence-electron chi connectivity index (χ2n) is 6.85. The number of anilines is 1. The van der Waals surface area contributed by atoms with Crippen LogP contribution in [-0.4, -0.2) is 33.6 Å². The van der Waals surface area contributed by atoms with Gasteiger partial charge in [0.2, 0.25) is 0 Å². The predicted molar refractivity (Wildman–Crippen MR) is 95.7 cm³/mol. The Morgan fingerprint density at radius 1 is 1.18 bits per heavy atom. The number of urea groups is 1. The fourth-order valence-electron chi connectivity index (χ4n) is 2.18. The van der Waals surface area contributed by atoms with Crippen molar-refractivity contribution in [3.8, 4) is 0 Å². The number of hydrogen-bond acceptors (Lipinski definition) is 3. The Bertz CT molecular complexity index is 573. The zero-order chi connectivity index (χ0) is 16.5. The standard InChI is InChI=1S/C17H25N3OS/c1-12(2)20-15(18-17(4,5)6)22-11-19(16(20)21)14-9-7-13(3)8-10-14/h7-10,12H,11H2,1-6H3/b18-15-. The van der Waals surface area contributed by atoms with Crippen LogP contribution in [0, 0.1) is 6.92 Å². The number of hydrogen-bond donors (Lipinski definition) is 0. The fourth-order valence-corrected chi connectivity index (χ4v) is 3.45. The lowest BCUT2D eigenvalue weighted by molar-refractivity contribution is 0.220. The van der Waals surface area contributed by atoms with Crippen molar-refractivity contribution in [2.75, 3.05) is 10.8 Å². The van der Waals surface area contributed by atoms with Crippen molar-refractivity contribution in [3.05, 3.63) is 29.8 Å². The van der Waals surface area contributed by atoms with Crippen molar-refractivity contribution in [2.24, 2.45) is 4.99 Å². The highest BCUT2D eigenvalue weighted by Gasteiger charge is 2.34. The van der Waals surface area contributed by atoms with Gasteiger partial charge >= 0.3 is 6.03 Å². The molecule has 4 nitrogen and oxygen atoms in total. The van der Waals surface area contributed by atoms with Gasteiger partial charge in [0.15, 0.2) is 5.17 Å². The average Bonchev–Trinajstić information content (AvgIpc) is 2.38. The summed E-state index contributed by atoms with van der Waals surface area (Å²) < 4.78 is 0. The summed E-state index contributed by atoms with van der Waals surface area (Å²) in [6.45, 7) is 12.2. The maximum absolute atomic E-state index is 12.9. The third-order valence-corrected chi connectivity index (χ3v) is 4.19. The average molecular weight is 319 g/mol. The van der Waals surface area contributed by atoms with Gasteiger partial charge < -0.3 is 0 Å². The van der Waals surface area contributed by atoms with E-state index in [2.05, 4.69) is 20.8 Å². The van der Waals surface area contributed by atoms with E-state index in [1.165, 1.54) is 5.56 Å². The number of aliphatic imine (C=N–C) groups is 1. The first kappa shape index (κ1) is 16.9. The summed E-state index contributed by atoms with van der Waals surface area (Å²) in [4.78, 5) is 21.2. The molecule has 120 valence electrons. The Hall–Kier alpha value is -1.49. The molecule has 1 aromatic carbocycles. The number of thioether (sulfide) groups is 1. The van der Waals surface area contributed by atoms with Gasteiger partial charge in [-0.05, 0) is 53.7 Å². The first-order valence-corrected chi connectivity index (χ1v) is 8.57. The molecule has 1 saturated heterocycles. The number of rotatable bonds is 2. The molecule has 5 heteroatoms. The van der Waals surface area contributed by atoms with Gasteiger partial charge in [0.25, 0.3) is 0 Å². The molecule has 0 radical (unpaired) electrons. The summed E-state index contributed by atoms with van der Waals surface area (Å²) in [7, 11) is 0. The number of benzene rings is 1. The van der Waals surface area contributed by atoms with Gasteiger partial charge in [0, 0.05) is 11.7 Å². The highest BCUT2D eigenvalue weighted by molar-refractivity contribution is 8.14. The summed E-state index contributed by atoms with van der Waals surface area (Å²) in [6, 6.07) is 8.14. The van der Waals surface area contributed by atoms with Crippen LogP contribution in [-0.2, 0) is 0 Å². The van der Waals surface area contributed by atoms with Crippen LogP contribution in [0.25, 0.3) is 0 Å². The molecule has 0 unspecified atom stereocenters. The number of carbonyl (C=O) groups is 1. The number of nitrogens with zero attached hydrogens (tertiary/aromatic N) is 3. The normalized spacial score (nSPS) is 18.5. The molecule has 22 heavy (non-hydrogen) atoms. The topological polar surface area (TPSA) is 35.9 Å². The molecule has 1 aliphatic rings. The van der Waals surface area contributed by atoms with E-state index < -0.39 is 0 Å². The van der Waals surface area contributed by atoms with Crippen molar-refractivity contribution < 1.29 is 4.79 Å².